The van der Waals surface area contributed by atoms with Crippen LogP contribution in [0.15, 0.2) is 30.3 Å². The van der Waals surface area contributed by atoms with E-state index < -0.39 is 35.1 Å². The summed E-state index contributed by atoms with van der Waals surface area (Å²) in [6.07, 6.45) is -2.97. The minimum atomic E-state index is -4.73. The van der Waals surface area contributed by atoms with E-state index in [1.54, 1.807) is 30.3 Å². The number of benzene rings is 1. The zero-order valence-electron chi connectivity index (χ0n) is 11.3. The molecule has 0 bridgehead atoms. The monoisotopic (exact) mass is 325 g/mol. The van der Waals surface area contributed by atoms with Gasteiger partial charge in [0.05, 0.1) is 11.8 Å². The van der Waals surface area contributed by atoms with Gasteiger partial charge in [0, 0.05) is 19.7 Å². The molecule has 8 heteroatoms. The van der Waals surface area contributed by atoms with E-state index >= 15 is 0 Å². The van der Waals surface area contributed by atoms with Crippen LogP contribution in [0.3, 0.4) is 0 Å². The first-order valence-corrected chi connectivity index (χ1v) is 7.98. The lowest BCUT2D eigenvalue weighted by Gasteiger charge is -2.30. The molecule has 0 heterocycles. The van der Waals surface area contributed by atoms with Crippen LogP contribution in [0.4, 0.5) is 12.7 Å². The fourth-order valence-corrected chi connectivity index (χ4v) is 2.46. The predicted molar refractivity (Wildman–Crippen MR) is 73.2 cm³/mol. The van der Waals surface area contributed by atoms with Gasteiger partial charge in [-0.1, -0.05) is 30.3 Å². The average molecular weight is 325 g/mol. The molecule has 0 aliphatic rings. The number of hydrogen-bond acceptors (Lipinski definition) is 4. The Kier molecular flexibility index (Phi) is 7.13. The van der Waals surface area contributed by atoms with E-state index in [0.717, 1.165) is 0 Å². The lowest BCUT2D eigenvalue weighted by atomic mass is 10.1. The van der Waals surface area contributed by atoms with Crippen molar-refractivity contribution in [3.05, 3.63) is 35.9 Å². The number of halogens is 3. The molecule has 1 N–H and O–H groups in total. The molecule has 120 valence electrons. The third-order valence-corrected chi connectivity index (χ3v) is 3.71. The van der Waals surface area contributed by atoms with Gasteiger partial charge in [-0.3, -0.25) is 4.90 Å². The van der Waals surface area contributed by atoms with E-state index in [2.05, 4.69) is 0 Å². The summed E-state index contributed by atoms with van der Waals surface area (Å²) < 4.78 is 60.0. The van der Waals surface area contributed by atoms with E-state index in [4.69, 9.17) is 5.11 Å². The molecule has 1 rings (SSSR count). The maximum Gasteiger partial charge on any atom is 0.303 e. The molecule has 0 saturated heterocycles. The second-order valence-corrected chi connectivity index (χ2v) is 6.10. The number of alkyl halides is 2. The van der Waals surface area contributed by atoms with Crippen molar-refractivity contribution in [3.63, 3.8) is 0 Å². The first kappa shape index (κ1) is 17.9. The lowest BCUT2D eigenvalue weighted by molar-refractivity contribution is 0.0109. The standard InChI is InChI=1S/C13H18F3NO3S/c14-13(15)12(6-8-18)17(7-9-21(16,19)20)10-11-4-2-1-3-5-11/h1-5,12-13,18H,6-10H2. The third kappa shape index (κ3) is 6.92. The fraction of sp³-hybridized carbons (Fsp3) is 0.538. The van der Waals surface area contributed by atoms with Crippen LogP contribution in [-0.4, -0.2) is 49.8 Å². The molecule has 0 amide bonds. The summed E-state index contributed by atoms with van der Waals surface area (Å²) in [5, 5.41) is 8.88. The topological polar surface area (TPSA) is 57.6 Å². The van der Waals surface area contributed by atoms with Crippen molar-refractivity contribution in [2.45, 2.75) is 25.4 Å². The van der Waals surface area contributed by atoms with Crippen molar-refractivity contribution < 1.29 is 26.2 Å². The summed E-state index contributed by atoms with van der Waals surface area (Å²) in [6, 6.07) is 7.30. The van der Waals surface area contributed by atoms with Crippen LogP contribution in [0.2, 0.25) is 0 Å². The molecule has 4 nitrogen and oxygen atoms in total. The quantitative estimate of drug-likeness (QED) is 0.704. The molecular weight excluding hydrogens is 307 g/mol. The van der Waals surface area contributed by atoms with Gasteiger partial charge in [-0.15, -0.1) is 3.89 Å². The second kappa shape index (κ2) is 8.35. The summed E-state index contributed by atoms with van der Waals surface area (Å²) in [4.78, 5) is 1.19. The van der Waals surface area contributed by atoms with Gasteiger partial charge in [0.1, 0.15) is 0 Å². The Morgan fingerprint density at radius 3 is 2.29 bits per heavy atom. The number of hydrogen-bond donors (Lipinski definition) is 1. The molecule has 0 saturated carbocycles. The van der Waals surface area contributed by atoms with Gasteiger partial charge >= 0.3 is 10.2 Å². The van der Waals surface area contributed by atoms with Crippen molar-refractivity contribution in [3.8, 4) is 0 Å². The molecule has 0 aliphatic carbocycles. The number of rotatable bonds is 9. The highest BCUT2D eigenvalue weighted by Crippen LogP contribution is 2.17. The summed E-state index contributed by atoms with van der Waals surface area (Å²) in [7, 11) is -4.73. The van der Waals surface area contributed by atoms with E-state index in [-0.39, 0.29) is 19.5 Å². The Hall–Kier alpha value is -1.12. The molecule has 0 aromatic heterocycles. The lowest BCUT2D eigenvalue weighted by Crippen LogP contribution is -2.42. The maximum absolute atomic E-state index is 13.1. The number of nitrogens with zero attached hydrogens (tertiary/aromatic N) is 1. The number of aliphatic hydroxyl groups excluding tert-OH is 1. The predicted octanol–water partition coefficient (Wildman–Crippen LogP) is 1.80. The Morgan fingerprint density at radius 2 is 1.81 bits per heavy atom. The van der Waals surface area contributed by atoms with Gasteiger partial charge in [0.2, 0.25) is 0 Å². The van der Waals surface area contributed by atoms with Gasteiger partial charge in [0.25, 0.3) is 6.43 Å². The highest BCUT2D eigenvalue weighted by molar-refractivity contribution is 7.86. The third-order valence-electron chi connectivity index (χ3n) is 3.04. The molecule has 1 aromatic carbocycles. The van der Waals surface area contributed by atoms with Crippen LogP contribution in [0.25, 0.3) is 0 Å². The summed E-state index contributed by atoms with van der Waals surface area (Å²) in [6.45, 7) is -0.753. The van der Waals surface area contributed by atoms with Crippen molar-refractivity contribution in [2.24, 2.45) is 0 Å². The van der Waals surface area contributed by atoms with E-state index in [1.807, 2.05) is 0 Å². The van der Waals surface area contributed by atoms with Gasteiger partial charge in [-0.05, 0) is 12.0 Å². The van der Waals surface area contributed by atoms with Crippen LogP contribution in [-0.2, 0) is 16.8 Å². The first-order valence-electron chi connectivity index (χ1n) is 6.43. The maximum atomic E-state index is 13.1. The molecular formula is C13H18F3NO3S. The van der Waals surface area contributed by atoms with Crippen molar-refractivity contribution in [2.75, 3.05) is 18.9 Å². The molecule has 0 spiro atoms. The van der Waals surface area contributed by atoms with Gasteiger partial charge < -0.3 is 5.11 Å². The van der Waals surface area contributed by atoms with E-state index in [0.29, 0.717) is 5.56 Å². The Bertz CT molecular complexity index is 511. The Labute approximate surface area is 122 Å². The fourth-order valence-electron chi connectivity index (χ4n) is 2.01. The van der Waals surface area contributed by atoms with Crippen LogP contribution >= 0.6 is 0 Å². The zero-order valence-corrected chi connectivity index (χ0v) is 12.1. The second-order valence-electron chi connectivity index (χ2n) is 4.61. The van der Waals surface area contributed by atoms with Gasteiger partial charge in [-0.25, -0.2) is 8.78 Å². The molecule has 0 aliphatic heterocycles. The van der Waals surface area contributed by atoms with Crippen molar-refractivity contribution >= 4 is 10.2 Å². The van der Waals surface area contributed by atoms with E-state index in [9.17, 15) is 21.1 Å². The molecule has 21 heavy (non-hydrogen) atoms. The average Bonchev–Trinajstić information content (AvgIpc) is 2.41. The van der Waals surface area contributed by atoms with Gasteiger partial charge in [0.15, 0.2) is 0 Å². The van der Waals surface area contributed by atoms with E-state index in [1.165, 1.54) is 4.90 Å². The summed E-state index contributed by atoms with van der Waals surface area (Å²) in [5.41, 5.74) is 0.706. The summed E-state index contributed by atoms with van der Waals surface area (Å²) in [5.74, 6) is -0.853. The molecule has 0 fully saturated rings. The van der Waals surface area contributed by atoms with Crippen LogP contribution in [0.5, 0.6) is 0 Å². The summed E-state index contributed by atoms with van der Waals surface area (Å²) >= 11 is 0. The van der Waals surface area contributed by atoms with Crippen molar-refractivity contribution in [1.29, 1.82) is 0 Å². The molecule has 1 aromatic rings. The highest BCUT2D eigenvalue weighted by atomic mass is 32.3. The smallest absolute Gasteiger partial charge is 0.303 e. The number of aliphatic hydroxyl groups is 1. The Morgan fingerprint density at radius 1 is 1.19 bits per heavy atom. The largest absolute Gasteiger partial charge is 0.396 e. The zero-order chi connectivity index (χ0) is 15.9. The first-order chi connectivity index (χ1) is 9.83. The minimum Gasteiger partial charge on any atom is -0.396 e. The SMILES string of the molecule is O=S(=O)(F)CCN(Cc1ccccc1)C(CCO)C(F)F. The molecule has 1 atom stereocenters. The van der Waals surface area contributed by atoms with Gasteiger partial charge in [-0.2, -0.15) is 8.42 Å². The molecule has 1 unspecified atom stereocenters. The molecule has 0 radical (unpaired) electrons. The minimum absolute atomic E-state index is 0.0609. The highest BCUT2D eigenvalue weighted by Gasteiger charge is 2.28. The van der Waals surface area contributed by atoms with Crippen LogP contribution in [0, 0.1) is 0 Å². The Balaban J connectivity index is 2.86. The van der Waals surface area contributed by atoms with Crippen LogP contribution < -0.4 is 0 Å². The normalized spacial score (nSPS) is 13.8. The van der Waals surface area contributed by atoms with Crippen molar-refractivity contribution in [1.82, 2.24) is 4.90 Å². The van der Waals surface area contributed by atoms with Crippen LogP contribution in [0.1, 0.15) is 12.0 Å².